The molecule has 0 N–H and O–H groups in total. The van der Waals surface area contributed by atoms with Crippen LogP contribution in [0.3, 0.4) is 0 Å². The van der Waals surface area contributed by atoms with Gasteiger partial charge >= 0.3 is 11.9 Å². The Kier molecular flexibility index (Phi) is 7.56. The number of ether oxygens (including phenoxy) is 3. The third-order valence-corrected chi connectivity index (χ3v) is 11.8. The van der Waals surface area contributed by atoms with Gasteiger partial charge in [0.15, 0.2) is 0 Å². The zero-order valence-electron chi connectivity index (χ0n) is 24.8. The molecule has 5 rings (SSSR count). The van der Waals surface area contributed by atoms with Gasteiger partial charge in [0.2, 0.25) is 0 Å². The second kappa shape index (κ2) is 10.4. The highest BCUT2D eigenvalue weighted by molar-refractivity contribution is 5.87. The predicted octanol–water partition coefficient (Wildman–Crippen LogP) is 6.43. The molecule has 4 fully saturated rings. The highest BCUT2D eigenvalue weighted by Gasteiger charge is 2.67. The number of ketones is 1. The molecule has 5 aliphatic rings. The van der Waals surface area contributed by atoms with E-state index >= 15 is 0 Å². The van der Waals surface area contributed by atoms with Crippen molar-refractivity contribution in [2.45, 2.75) is 105 Å². The Balaban J connectivity index is 1.47. The molecule has 1 heterocycles. The first-order valence-electron chi connectivity index (χ1n) is 15.3. The summed E-state index contributed by atoms with van der Waals surface area (Å²) in [7, 11) is 0. The van der Waals surface area contributed by atoms with Gasteiger partial charge in [-0.25, -0.2) is 0 Å². The number of fused-ring (bicyclic) bond motifs is 5. The number of carbonyl (C=O) groups is 3. The molecule has 4 saturated carbocycles. The zero-order chi connectivity index (χ0) is 28.3. The summed E-state index contributed by atoms with van der Waals surface area (Å²) in [5.41, 5.74) is 0.622. The van der Waals surface area contributed by atoms with Crippen LogP contribution in [0.15, 0.2) is 24.0 Å². The zero-order valence-corrected chi connectivity index (χ0v) is 24.8. The van der Waals surface area contributed by atoms with Gasteiger partial charge < -0.3 is 14.2 Å². The SMILES string of the molecule is C=CC1=C([C@@H](C)[C@H]2[C@@H](OC(C)=O)C[C@H]3[C@@H]4CC[C@H]5C[C@@H](OC(C)=O)CC[C@]5(C)[C@H]4CC(=O)[C@]23C)OC[C@H](C)C1. The van der Waals surface area contributed by atoms with Crippen LogP contribution in [0.5, 0.6) is 0 Å². The molecule has 0 aromatic rings. The van der Waals surface area contributed by atoms with Gasteiger partial charge in [0, 0.05) is 37.5 Å². The van der Waals surface area contributed by atoms with Crippen LogP contribution in [-0.4, -0.2) is 36.5 Å². The number of carbonyl (C=O) groups excluding carboxylic acids is 3. The van der Waals surface area contributed by atoms with Gasteiger partial charge in [-0.05, 0) is 85.5 Å². The molecule has 6 heteroatoms. The first-order valence-corrected chi connectivity index (χ1v) is 15.3. The van der Waals surface area contributed by atoms with Crippen molar-refractivity contribution in [1.29, 1.82) is 0 Å². The van der Waals surface area contributed by atoms with Gasteiger partial charge in [-0.3, -0.25) is 14.4 Å². The number of hydrogen-bond donors (Lipinski definition) is 0. The van der Waals surface area contributed by atoms with Crippen molar-refractivity contribution in [2.24, 2.45) is 52.3 Å². The van der Waals surface area contributed by atoms with Crippen LogP contribution in [0.1, 0.15) is 92.9 Å². The molecule has 39 heavy (non-hydrogen) atoms. The molecule has 0 aromatic carbocycles. The van der Waals surface area contributed by atoms with E-state index in [4.69, 9.17) is 14.2 Å². The quantitative estimate of drug-likeness (QED) is 0.374. The van der Waals surface area contributed by atoms with E-state index < -0.39 is 5.41 Å². The van der Waals surface area contributed by atoms with Crippen LogP contribution in [0, 0.1) is 52.3 Å². The minimum atomic E-state index is -0.565. The number of rotatable bonds is 5. The minimum Gasteiger partial charge on any atom is -0.497 e. The maximum atomic E-state index is 14.4. The van der Waals surface area contributed by atoms with E-state index in [9.17, 15) is 14.4 Å². The van der Waals surface area contributed by atoms with Crippen molar-refractivity contribution in [3.05, 3.63) is 24.0 Å². The van der Waals surface area contributed by atoms with Crippen LogP contribution in [0.25, 0.3) is 0 Å². The number of esters is 2. The largest absolute Gasteiger partial charge is 0.497 e. The standard InChI is InChI=1S/C33H48O6/c1-8-22-13-18(2)17-37-31(22)19(3)30-28(39-21(5)35)15-27-25-10-9-23-14-24(38-20(4)34)11-12-32(23,6)26(25)16-29(36)33(27,30)7/h8,18-19,23-28,30H,1,9-17H2,2-7H3/t18-,19+,23+,24+,25-,26+,27+,28+,30+,32+,33-/m1/s1. The fourth-order valence-corrected chi connectivity index (χ4v) is 10.1. The maximum absolute atomic E-state index is 14.4. The molecule has 0 aromatic heterocycles. The number of hydrogen-bond acceptors (Lipinski definition) is 6. The summed E-state index contributed by atoms with van der Waals surface area (Å²) in [6.07, 6.45) is 8.78. The second-order valence-corrected chi connectivity index (χ2v) is 14.0. The van der Waals surface area contributed by atoms with E-state index in [2.05, 4.69) is 34.3 Å². The van der Waals surface area contributed by atoms with Crippen LogP contribution in [-0.2, 0) is 28.6 Å². The first-order chi connectivity index (χ1) is 18.4. The summed E-state index contributed by atoms with van der Waals surface area (Å²) >= 11 is 0. The topological polar surface area (TPSA) is 78.9 Å². The van der Waals surface area contributed by atoms with E-state index in [1.165, 1.54) is 13.8 Å². The lowest BCUT2D eigenvalue weighted by Crippen LogP contribution is -2.58. The predicted molar refractivity (Wildman–Crippen MR) is 148 cm³/mol. The molecule has 6 nitrogen and oxygen atoms in total. The normalized spacial score (nSPS) is 44.3. The van der Waals surface area contributed by atoms with Crippen LogP contribution in [0.4, 0.5) is 0 Å². The van der Waals surface area contributed by atoms with E-state index in [1.807, 2.05) is 6.08 Å². The Morgan fingerprint density at radius 3 is 2.44 bits per heavy atom. The Hall–Kier alpha value is -2.11. The summed E-state index contributed by atoms with van der Waals surface area (Å²) in [6, 6.07) is 0. The van der Waals surface area contributed by atoms with Gasteiger partial charge in [0.05, 0.1) is 6.61 Å². The minimum absolute atomic E-state index is 0.00252. The molecule has 11 atom stereocenters. The third-order valence-electron chi connectivity index (χ3n) is 11.8. The summed E-state index contributed by atoms with van der Waals surface area (Å²) in [5.74, 6) is 2.43. The van der Waals surface area contributed by atoms with Crippen molar-refractivity contribution in [1.82, 2.24) is 0 Å². The molecular formula is C33H48O6. The molecule has 216 valence electrons. The molecule has 1 aliphatic heterocycles. The maximum Gasteiger partial charge on any atom is 0.302 e. The average molecular weight is 541 g/mol. The second-order valence-electron chi connectivity index (χ2n) is 14.0. The Labute approximate surface area is 234 Å². The fraction of sp³-hybridized carbons (Fsp3) is 0.788. The molecule has 4 aliphatic carbocycles. The van der Waals surface area contributed by atoms with Crippen LogP contribution < -0.4 is 0 Å². The van der Waals surface area contributed by atoms with Gasteiger partial charge in [-0.15, -0.1) is 0 Å². The highest BCUT2D eigenvalue weighted by Crippen LogP contribution is 2.68. The highest BCUT2D eigenvalue weighted by atomic mass is 16.5. The average Bonchev–Trinajstić information content (AvgIpc) is 3.16. The molecule has 0 saturated heterocycles. The fourth-order valence-electron chi connectivity index (χ4n) is 10.1. The molecule has 0 spiro atoms. The number of allylic oxidation sites excluding steroid dienone is 3. The van der Waals surface area contributed by atoms with E-state index in [-0.39, 0.29) is 47.3 Å². The van der Waals surface area contributed by atoms with Gasteiger partial charge in [-0.1, -0.05) is 40.3 Å². The van der Waals surface area contributed by atoms with Gasteiger partial charge in [-0.2, -0.15) is 0 Å². The van der Waals surface area contributed by atoms with Gasteiger partial charge in [0.25, 0.3) is 0 Å². The number of Topliss-reactive ketones (excluding diaryl/α,β-unsaturated/α-hetero) is 1. The van der Waals surface area contributed by atoms with Crippen molar-refractivity contribution < 1.29 is 28.6 Å². The van der Waals surface area contributed by atoms with Crippen molar-refractivity contribution in [3.8, 4) is 0 Å². The third kappa shape index (κ3) is 4.68. The summed E-state index contributed by atoms with van der Waals surface area (Å²) in [4.78, 5) is 38.4. The molecule has 0 bridgehead atoms. The van der Waals surface area contributed by atoms with E-state index in [0.717, 1.165) is 56.3 Å². The first kappa shape index (κ1) is 28.4. The molecule has 0 unspecified atom stereocenters. The Morgan fingerprint density at radius 1 is 1.05 bits per heavy atom. The summed E-state index contributed by atoms with van der Waals surface area (Å²) in [5, 5.41) is 0. The lowest BCUT2D eigenvalue weighted by molar-refractivity contribution is -0.168. The van der Waals surface area contributed by atoms with Crippen molar-refractivity contribution >= 4 is 17.7 Å². The van der Waals surface area contributed by atoms with Crippen LogP contribution >= 0.6 is 0 Å². The summed E-state index contributed by atoms with van der Waals surface area (Å²) in [6.45, 7) is 16.6. The van der Waals surface area contributed by atoms with E-state index in [0.29, 0.717) is 42.5 Å². The summed E-state index contributed by atoms with van der Waals surface area (Å²) < 4.78 is 18.0. The van der Waals surface area contributed by atoms with Crippen molar-refractivity contribution in [2.75, 3.05) is 6.61 Å². The molecule has 0 amide bonds. The Morgan fingerprint density at radius 2 is 1.77 bits per heavy atom. The smallest absolute Gasteiger partial charge is 0.302 e. The lowest BCUT2D eigenvalue weighted by Gasteiger charge is -2.60. The monoisotopic (exact) mass is 540 g/mol. The van der Waals surface area contributed by atoms with Crippen molar-refractivity contribution in [3.63, 3.8) is 0 Å². The Bertz CT molecular complexity index is 1060. The van der Waals surface area contributed by atoms with Crippen LogP contribution in [0.2, 0.25) is 0 Å². The van der Waals surface area contributed by atoms with Gasteiger partial charge in [0.1, 0.15) is 23.8 Å². The lowest BCUT2D eigenvalue weighted by atomic mass is 9.44. The van der Waals surface area contributed by atoms with E-state index in [1.54, 1.807) is 0 Å². The molecular weight excluding hydrogens is 492 g/mol. The molecule has 0 radical (unpaired) electrons.